The molecular weight excluding hydrogens is 420 g/mol. The van der Waals surface area contributed by atoms with Crippen molar-refractivity contribution in [2.24, 2.45) is 0 Å². The molecule has 1 amide bonds. The highest BCUT2D eigenvalue weighted by Crippen LogP contribution is 2.25. The molecular formula is C24H36N6O3. The molecule has 2 aromatic heterocycles. The molecule has 1 saturated carbocycles. The summed E-state index contributed by atoms with van der Waals surface area (Å²) in [5, 5.41) is 6.78. The Balaban J connectivity index is 1.55. The summed E-state index contributed by atoms with van der Waals surface area (Å²) in [6.07, 6.45) is 12.5. The van der Waals surface area contributed by atoms with Crippen molar-refractivity contribution in [1.82, 2.24) is 30.6 Å². The van der Waals surface area contributed by atoms with Gasteiger partial charge in [-0.15, -0.1) is 0 Å². The van der Waals surface area contributed by atoms with Crippen molar-refractivity contribution in [3.8, 4) is 17.3 Å². The number of carbonyl (C=O) groups is 1. The van der Waals surface area contributed by atoms with Crippen LogP contribution in [0.1, 0.15) is 78.0 Å². The predicted molar refractivity (Wildman–Crippen MR) is 126 cm³/mol. The molecule has 0 aliphatic heterocycles. The van der Waals surface area contributed by atoms with Crippen LogP contribution >= 0.6 is 0 Å². The number of nitrogens with zero attached hydrogens (tertiary/aromatic N) is 4. The molecule has 1 aliphatic rings. The second-order valence-corrected chi connectivity index (χ2v) is 9.49. The Morgan fingerprint density at radius 2 is 1.70 bits per heavy atom. The van der Waals surface area contributed by atoms with Gasteiger partial charge in [0.15, 0.2) is 0 Å². The maximum Gasteiger partial charge on any atom is 0.407 e. The largest absolute Gasteiger partial charge is 0.467 e. The van der Waals surface area contributed by atoms with Gasteiger partial charge < -0.3 is 20.1 Å². The van der Waals surface area contributed by atoms with Crippen molar-refractivity contribution in [1.29, 1.82) is 0 Å². The Bertz CT molecular complexity index is 875. The summed E-state index contributed by atoms with van der Waals surface area (Å²) in [4.78, 5) is 29.6. The maximum absolute atomic E-state index is 12.0. The summed E-state index contributed by atoms with van der Waals surface area (Å²) in [7, 11) is 1.54. The third-order valence-corrected chi connectivity index (χ3v) is 5.60. The van der Waals surface area contributed by atoms with Crippen molar-refractivity contribution in [3.63, 3.8) is 0 Å². The summed E-state index contributed by atoms with van der Waals surface area (Å²) >= 11 is 0. The minimum Gasteiger partial charge on any atom is -0.467 e. The number of amides is 1. The van der Waals surface area contributed by atoms with Crippen LogP contribution in [0.2, 0.25) is 0 Å². The SMILES string of the molecule is CCCC(N[C@H]1CC[C@H](NC(=O)OC(C)(C)C)CC1)c1cnc(-c2cnc(OC)nc2)cn1. The van der Waals surface area contributed by atoms with E-state index in [-0.39, 0.29) is 18.2 Å². The van der Waals surface area contributed by atoms with Crippen LogP contribution in [-0.2, 0) is 4.74 Å². The zero-order valence-corrected chi connectivity index (χ0v) is 20.3. The van der Waals surface area contributed by atoms with Crippen LogP contribution in [0.3, 0.4) is 0 Å². The molecule has 0 bridgehead atoms. The Hall–Kier alpha value is -2.81. The first kappa shape index (κ1) is 24.8. The lowest BCUT2D eigenvalue weighted by Crippen LogP contribution is -2.44. The van der Waals surface area contributed by atoms with E-state index in [0.29, 0.717) is 12.1 Å². The lowest BCUT2D eigenvalue weighted by atomic mass is 9.90. The predicted octanol–water partition coefficient (Wildman–Crippen LogP) is 4.21. The highest BCUT2D eigenvalue weighted by molar-refractivity contribution is 5.68. The van der Waals surface area contributed by atoms with E-state index in [1.807, 2.05) is 27.0 Å². The Labute approximate surface area is 196 Å². The topological polar surface area (TPSA) is 111 Å². The van der Waals surface area contributed by atoms with Crippen LogP contribution in [0.5, 0.6) is 6.01 Å². The van der Waals surface area contributed by atoms with E-state index in [9.17, 15) is 4.79 Å². The Kier molecular flexibility index (Phi) is 8.55. The molecule has 2 heterocycles. The summed E-state index contributed by atoms with van der Waals surface area (Å²) < 4.78 is 10.4. The van der Waals surface area contributed by atoms with Gasteiger partial charge >= 0.3 is 12.1 Å². The fourth-order valence-corrected chi connectivity index (χ4v) is 3.99. The number of hydrogen-bond donors (Lipinski definition) is 2. The zero-order chi connectivity index (χ0) is 23.8. The molecule has 0 aromatic carbocycles. The van der Waals surface area contributed by atoms with E-state index in [4.69, 9.17) is 9.47 Å². The third-order valence-electron chi connectivity index (χ3n) is 5.60. The van der Waals surface area contributed by atoms with Crippen molar-refractivity contribution in [3.05, 3.63) is 30.5 Å². The smallest absolute Gasteiger partial charge is 0.407 e. The average Bonchev–Trinajstić information content (AvgIpc) is 2.79. The van der Waals surface area contributed by atoms with Gasteiger partial charge in [0, 0.05) is 30.0 Å². The summed E-state index contributed by atoms with van der Waals surface area (Å²) in [5.41, 5.74) is 1.98. The number of alkyl carbamates (subject to hydrolysis) is 1. The van der Waals surface area contributed by atoms with Crippen molar-refractivity contribution in [2.75, 3.05) is 7.11 Å². The summed E-state index contributed by atoms with van der Waals surface area (Å²) in [5.74, 6) is 0. The second-order valence-electron chi connectivity index (χ2n) is 9.49. The molecule has 1 aliphatic carbocycles. The summed E-state index contributed by atoms with van der Waals surface area (Å²) in [6.45, 7) is 7.80. The number of ether oxygens (including phenoxy) is 2. The van der Waals surface area contributed by atoms with E-state index in [2.05, 4.69) is 37.5 Å². The third kappa shape index (κ3) is 7.63. The molecule has 3 rings (SSSR count). The molecule has 1 unspecified atom stereocenters. The summed E-state index contributed by atoms with van der Waals surface area (Å²) in [6, 6.07) is 1.01. The lowest BCUT2D eigenvalue weighted by Gasteiger charge is -2.33. The van der Waals surface area contributed by atoms with Gasteiger partial charge in [-0.25, -0.2) is 14.8 Å². The van der Waals surface area contributed by atoms with Gasteiger partial charge in [-0.2, -0.15) is 0 Å². The first-order valence-corrected chi connectivity index (χ1v) is 11.7. The van der Waals surface area contributed by atoms with Gasteiger partial charge in [-0.3, -0.25) is 9.97 Å². The quantitative estimate of drug-likeness (QED) is 0.608. The number of nitrogens with one attached hydrogen (secondary N) is 2. The van der Waals surface area contributed by atoms with Crippen molar-refractivity contribution < 1.29 is 14.3 Å². The Morgan fingerprint density at radius 3 is 2.24 bits per heavy atom. The van der Waals surface area contributed by atoms with Crippen molar-refractivity contribution in [2.45, 2.75) is 89.9 Å². The first-order valence-electron chi connectivity index (χ1n) is 11.7. The maximum atomic E-state index is 12.0. The molecule has 9 heteroatoms. The highest BCUT2D eigenvalue weighted by atomic mass is 16.6. The standard InChI is InChI=1S/C24H36N6O3/c1-6-7-19(21-15-25-20(14-26-21)16-12-27-22(32-5)28-13-16)29-17-8-10-18(11-9-17)30-23(31)33-24(2,3)4/h12-15,17-19,29H,6-11H2,1-5H3,(H,30,31)/t17-,18-,19?. The molecule has 180 valence electrons. The van der Waals surface area contributed by atoms with Crippen LogP contribution in [-0.4, -0.2) is 50.8 Å². The number of methoxy groups -OCH3 is 1. The van der Waals surface area contributed by atoms with Gasteiger partial charge in [0.1, 0.15) is 5.60 Å². The molecule has 1 fully saturated rings. The van der Waals surface area contributed by atoms with E-state index in [0.717, 1.165) is 55.5 Å². The van der Waals surface area contributed by atoms with Gasteiger partial charge in [-0.05, 0) is 52.9 Å². The normalized spacial score (nSPS) is 19.5. The van der Waals surface area contributed by atoms with Gasteiger partial charge in [0.2, 0.25) is 0 Å². The van der Waals surface area contributed by atoms with Gasteiger partial charge in [-0.1, -0.05) is 13.3 Å². The van der Waals surface area contributed by atoms with E-state index < -0.39 is 5.60 Å². The molecule has 1 atom stereocenters. The van der Waals surface area contributed by atoms with Crippen LogP contribution < -0.4 is 15.4 Å². The molecule has 0 radical (unpaired) electrons. The van der Waals surface area contributed by atoms with Crippen LogP contribution in [0, 0.1) is 0 Å². The highest BCUT2D eigenvalue weighted by Gasteiger charge is 2.26. The molecule has 9 nitrogen and oxygen atoms in total. The van der Waals surface area contributed by atoms with Gasteiger partial charge in [0.05, 0.1) is 36.9 Å². The molecule has 2 N–H and O–H groups in total. The molecule has 33 heavy (non-hydrogen) atoms. The number of hydrogen-bond acceptors (Lipinski definition) is 8. The Morgan fingerprint density at radius 1 is 1.03 bits per heavy atom. The number of aromatic nitrogens is 4. The number of rotatable bonds is 8. The minimum absolute atomic E-state index is 0.143. The second kappa shape index (κ2) is 11.4. The average molecular weight is 457 g/mol. The lowest BCUT2D eigenvalue weighted by molar-refractivity contribution is 0.0489. The van der Waals surface area contributed by atoms with Crippen LogP contribution in [0.4, 0.5) is 4.79 Å². The molecule has 2 aromatic rings. The monoisotopic (exact) mass is 456 g/mol. The molecule has 0 spiro atoms. The van der Waals surface area contributed by atoms with Gasteiger partial charge in [0.25, 0.3) is 0 Å². The van der Waals surface area contributed by atoms with E-state index in [1.165, 1.54) is 7.11 Å². The first-order chi connectivity index (χ1) is 15.8. The fraction of sp³-hybridized carbons (Fsp3) is 0.625. The van der Waals surface area contributed by atoms with Crippen molar-refractivity contribution >= 4 is 6.09 Å². The van der Waals surface area contributed by atoms with E-state index >= 15 is 0 Å². The molecule has 0 saturated heterocycles. The minimum atomic E-state index is -0.479. The fourth-order valence-electron chi connectivity index (χ4n) is 3.99. The van der Waals surface area contributed by atoms with Crippen LogP contribution in [0.15, 0.2) is 24.8 Å². The van der Waals surface area contributed by atoms with Crippen LogP contribution in [0.25, 0.3) is 11.3 Å². The number of carbonyl (C=O) groups excluding carboxylic acids is 1. The zero-order valence-electron chi connectivity index (χ0n) is 20.3. The van der Waals surface area contributed by atoms with E-state index in [1.54, 1.807) is 18.6 Å².